The van der Waals surface area contributed by atoms with Crippen LogP contribution in [0.4, 0.5) is 0 Å². The molecule has 0 unspecified atom stereocenters. The first-order valence-electron chi connectivity index (χ1n) is 6.50. The van der Waals surface area contributed by atoms with Crippen molar-refractivity contribution in [3.05, 3.63) is 29.8 Å². The van der Waals surface area contributed by atoms with Crippen molar-refractivity contribution >= 4 is 19.2 Å². The SMILES string of the molecule is CCNC(=O)CNCc1ccc([Si](C)(C)C)cc1. The molecule has 1 aromatic rings. The van der Waals surface area contributed by atoms with Gasteiger partial charge in [0, 0.05) is 13.1 Å². The number of carbonyl (C=O) groups is 1. The van der Waals surface area contributed by atoms with E-state index in [4.69, 9.17) is 0 Å². The summed E-state index contributed by atoms with van der Waals surface area (Å²) in [4.78, 5) is 11.3. The van der Waals surface area contributed by atoms with Crippen LogP contribution in [0.3, 0.4) is 0 Å². The molecule has 0 heterocycles. The molecule has 100 valence electrons. The van der Waals surface area contributed by atoms with Gasteiger partial charge in [0.05, 0.1) is 14.6 Å². The first-order valence-corrected chi connectivity index (χ1v) is 10.0. The standard InChI is InChI=1S/C14H24N2OSi/c1-5-16-14(17)11-15-10-12-6-8-13(9-7-12)18(2,3)4/h6-9,15H,5,10-11H2,1-4H3,(H,16,17). The molecule has 0 fully saturated rings. The minimum Gasteiger partial charge on any atom is -0.355 e. The van der Waals surface area contributed by atoms with Crippen molar-refractivity contribution < 1.29 is 4.79 Å². The molecule has 0 saturated heterocycles. The molecule has 1 amide bonds. The van der Waals surface area contributed by atoms with Crippen LogP contribution in [0.2, 0.25) is 19.6 Å². The van der Waals surface area contributed by atoms with E-state index >= 15 is 0 Å². The lowest BCUT2D eigenvalue weighted by Crippen LogP contribution is -2.37. The van der Waals surface area contributed by atoms with Gasteiger partial charge >= 0.3 is 0 Å². The molecule has 0 aromatic heterocycles. The van der Waals surface area contributed by atoms with Crippen molar-refractivity contribution in [2.75, 3.05) is 13.1 Å². The zero-order valence-electron chi connectivity index (χ0n) is 11.8. The first kappa shape index (κ1) is 14.9. The molecule has 1 aromatic carbocycles. The predicted molar refractivity (Wildman–Crippen MR) is 79.8 cm³/mol. The van der Waals surface area contributed by atoms with E-state index in [1.165, 1.54) is 10.8 Å². The fourth-order valence-electron chi connectivity index (χ4n) is 1.70. The van der Waals surface area contributed by atoms with Gasteiger partial charge in [-0.2, -0.15) is 0 Å². The first-order chi connectivity index (χ1) is 8.43. The Kier molecular flexibility index (Phi) is 5.56. The molecule has 4 heteroatoms. The van der Waals surface area contributed by atoms with Gasteiger partial charge in [-0.25, -0.2) is 0 Å². The second-order valence-corrected chi connectivity index (χ2v) is 10.6. The van der Waals surface area contributed by atoms with E-state index in [1.54, 1.807) is 0 Å². The number of amides is 1. The lowest BCUT2D eigenvalue weighted by molar-refractivity contribution is -0.120. The van der Waals surface area contributed by atoms with Gasteiger partial charge in [0.25, 0.3) is 0 Å². The highest BCUT2D eigenvalue weighted by molar-refractivity contribution is 6.88. The number of hydrogen-bond donors (Lipinski definition) is 2. The molecule has 0 aliphatic carbocycles. The van der Waals surface area contributed by atoms with Crippen molar-refractivity contribution in [1.82, 2.24) is 10.6 Å². The highest BCUT2D eigenvalue weighted by atomic mass is 28.3. The van der Waals surface area contributed by atoms with E-state index in [9.17, 15) is 4.79 Å². The molecule has 3 nitrogen and oxygen atoms in total. The number of hydrogen-bond acceptors (Lipinski definition) is 2. The molecule has 0 aliphatic rings. The second kappa shape index (κ2) is 6.71. The van der Waals surface area contributed by atoms with Crippen LogP contribution in [0.25, 0.3) is 0 Å². The molecule has 0 bridgehead atoms. The lowest BCUT2D eigenvalue weighted by Gasteiger charge is -2.16. The number of rotatable bonds is 6. The van der Waals surface area contributed by atoms with Gasteiger partial charge in [0.15, 0.2) is 0 Å². The van der Waals surface area contributed by atoms with Gasteiger partial charge in [-0.15, -0.1) is 0 Å². The maximum Gasteiger partial charge on any atom is 0.233 e. The highest BCUT2D eigenvalue weighted by Crippen LogP contribution is 2.04. The molecule has 2 N–H and O–H groups in total. The average molecular weight is 264 g/mol. The van der Waals surface area contributed by atoms with Crippen LogP contribution in [0.5, 0.6) is 0 Å². The van der Waals surface area contributed by atoms with Crippen LogP contribution < -0.4 is 15.8 Å². The van der Waals surface area contributed by atoms with Crippen molar-refractivity contribution in [3.8, 4) is 0 Å². The summed E-state index contributed by atoms with van der Waals surface area (Å²) in [5.74, 6) is 0.0521. The maximum absolute atomic E-state index is 11.3. The Bertz CT molecular complexity index is 382. The molecule has 0 saturated carbocycles. The summed E-state index contributed by atoms with van der Waals surface area (Å²) >= 11 is 0. The monoisotopic (exact) mass is 264 g/mol. The smallest absolute Gasteiger partial charge is 0.233 e. The normalized spacial score (nSPS) is 11.3. The van der Waals surface area contributed by atoms with Gasteiger partial charge in [-0.3, -0.25) is 4.79 Å². The Labute approximate surface area is 111 Å². The molecule has 0 spiro atoms. The zero-order chi connectivity index (χ0) is 13.6. The molecule has 18 heavy (non-hydrogen) atoms. The number of nitrogens with one attached hydrogen (secondary N) is 2. The third kappa shape index (κ3) is 5.02. The number of benzene rings is 1. The molecular weight excluding hydrogens is 240 g/mol. The Morgan fingerprint density at radius 2 is 1.78 bits per heavy atom. The fraction of sp³-hybridized carbons (Fsp3) is 0.500. The topological polar surface area (TPSA) is 41.1 Å². The van der Waals surface area contributed by atoms with E-state index < -0.39 is 8.07 Å². The van der Waals surface area contributed by atoms with Crippen LogP contribution in [0.1, 0.15) is 12.5 Å². The fourth-order valence-corrected chi connectivity index (χ4v) is 2.87. The average Bonchev–Trinajstić information content (AvgIpc) is 2.29. The molecular formula is C14H24N2OSi. The maximum atomic E-state index is 11.3. The Morgan fingerprint density at radius 1 is 1.17 bits per heavy atom. The minimum atomic E-state index is -1.20. The molecule has 0 atom stereocenters. The summed E-state index contributed by atoms with van der Waals surface area (Å²) in [6.45, 7) is 10.8. The van der Waals surface area contributed by atoms with E-state index in [0.717, 1.165) is 6.54 Å². The van der Waals surface area contributed by atoms with E-state index in [2.05, 4.69) is 54.5 Å². The van der Waals surface area contributed by atoms with Crippen LogP contribution >= 0.6 is 0 Å². The van der Waals surface area contributed by atoms with E-state index in [1.807, 2.05) is 6.92 Å². The molecule has 0 aliphatic heterocycles. The summed E-state index contributed by atoms with van der Waals surface area (Å²) in [5.41, 5.74) is 1.22. The van der Waals surface area contributed by atoms with Crippen molar-refractivity contribution in [1.29, 1.82) is 0 Å². The highest BCUT2D eigenvalue weighted by Gasteiger charge is 2.15. The van der Waals surface area contributed by atoms with Crippen molar-refractivity contribution in [2.24, 2.45) is 0 Å². The quantitative estimate of drug-likeness (QED) is 0.764. The van der Waals surface area contributed by atoms with Gasteiger partial charge < -0.3 is 10.6 Å². The lowest BCUT2D eigenvalue weighted by atomic mass is 10.2. The van der Waals surface area contributed by atoms with Crippen molar-refractivity contribution in [3.63, 3.8) is 0 Å². The molecule has 0 radical (unpaired) electrons. The van der Waals surface area contributed by atoms with E-state index in [0.29, 0.717) is 13.1 Å². The summed E-state index contributed by atoms with van der Waals surface area (Å²) in [6.07, 6.45) is 0. The Hall–Kier alpha value is -1.13. The van der Waals surface area contributed by atoms with Crippen LogP contribution in [0, 0.1) is 0 Å². The second-order valence-electron chi connectivity index (χ2n) is 5.50. The predicted octanol–water partition coefficient (Wildman–Crippen LogP) is 1.46. The van der Waals surface area contributed by atoms with Gasteiger partial charge in [-0.05, 0) is 12.5 Å². The van der Waals surface area contributed by atoms with E-state index in [-0.39, 0.29) is 5.91 Å². The summed E-state index contributed by atoms with van der Waals surface area (Å²) < 4.78 is 0. The molecule has 1 rings (SSSR count). The van der Waals surface area contributed by atoms with Gasteiger partial charge in [0.2, 0.25) is 5.91 Å². The van der Waals surface area contributed by atoms with Crippen LogP contribution in [-0.2, 0) is 11.3 Å². The van der Waals surface area contributed by atoms with Crippen LogP contribution in [0.15, 0.2) is 24.3 Å². The number of likely N-dealkylation sites (N-methyl/N-ethyl adjacent to an activating group) is 1. The van der Waals surface area contributed by atoms with Gasteiger partial charge in [-0.1, -0.05) is 49.1 Å². The zero-order valence-corrected chi connectivity index (χ0v) is 12.8. The summed E-state index contributed by atoms with van der Waals surface area (Å²) in [7, 11) is -1.20. The Morgan fingerprint density at radius 3 is 2.28 bits per heavy atom. The van der Waals surface area contributed by atoms with Crippen molar-refractivity contribution in [2.45, 2.75) is 33.1 Å². The summed E-state index contributed by atoms with van der Waals surface area (Å²) in [6, 6.07) is 8.74. The third-order valence-corrected chi connectivity index (χ3v) is 4.87. The van der Waals surface area contributed by atoms with Crippen LogP contribution in [-0.4, -0.2) is 27.1 Å². The number of carbonyl (C=O) groups excluding carboxylic acids is 1. The summed E-state index contributed by atoms with van der Waals surface area (Å²) in [5, 5.41) is 7.38. The third-order valence-electron chi connectivity index (χ3n) is 2.81. The Balaban J connectivity index is 2.42. The largest absolute Gasteiger partial charge is 0.355 e. The minimum absolute atomic E-state index is 0.0521. The van der Waals surface area contributed by atoms with Gasteiger partial charge in [0.1, 0.15) is 0 Å².